The average Bonchev–Trinajstić information content (AvgIpc) is 3.05. The van der Waals surface area contributed by atoms with Crippen LogP contribution in [0.5, 0.6) is 0 Å². The smallest absolute Gasteiger partial charge is 0.317 e. The molecule has 0 amide bonds. The van der Waals surface area contributed by atoms with Gasteiger partial charge in [-0.05, 0) is 32.0 Å². The molecule has 3 rings (SSSR count). The molecule has 2 aromatic heterocycles. The second-order valence-corrected chi connectivity index (χ2v) is 9.80. The third kappa shape index (κ3) is 3.50. The molecule has 0 aliphatic carbocycles. The molecule has 0 bridgehead atoms. The molecule has 0 spiro atoms. The minimum absolute atomic E-state index is 0.0313. The van der Waals surface area contributed by atoms with E-state index in [1.54, 1.807) is 19.9 Å². The van der Waals surface area contributed by atoms with Gasteiger partial charge in [0.05, 0.1) is 28.2 Å². The normalized spacial score (nSPS) is 12.4. The minimum Gasteiger partial charge on any atom is -0.361 e. The van der Waals surface area contributed by atoms with Crippen molar-refractivity contribution in [2.24, 2.45) is 0 Å². The average molecular weight is 435 g/mol. The predicted molar refractivity (Wildman–Crippen MR) is 113 cm³/mol. The number of aromatic nitrogens is 3. The Hall–Kier alpha value is -2.72. The maximum atomic E-state index is 13.0. The van der Waals surface area contributed by atoms with Crippen LogP contribution < -0.4 is 11.1 Å². The summed E-state index contributed by atoms with van der Waals surface area (Å²) in [4.78, 5) is 25.8. The van der Waals surface area contributed by atoms with Crippen molar-refractivity contribution in [1.82, 2.24) is 18.6 Å². The fraction of sp³-hybridized carbons (Fsp3) is 0.450. The molecule has 0 radical (unpaired) electrons. The lowest BCUT2D eigenvalue weighted by Gasteiger charge is -2.17. The first-order valence-electron chi connectivity index (χ1n) is 9.65. The van der Waals surface area contributed by atoms with E-state index in [9.17, 15) is 18.0 Å². The van der Waals surface area contributed by atoms with E-state index in [2.05, 4.69) is 5.16 Å². The standard InChI is InChI=1S/C20H26N4O5S/c1-7-23-16-9-8-14(30(27,28)22(5)6)10-17(16)24(20(26)19(23)25)11-15-13(4)21-29-18(15)12(2)3/h8-10,12H,7,11H2,1-6H3. The number of fused-ring (bicyclic) bond motifs is 1. The van der Waals surface area contributed by atoms with Crippen LogP contribution >= 0.6 is 0 Å². The first-order chi connectivity index (χ1) is 14.0. The van der Waals surface area contributed by atoms with Crippen LogP contribution in [0.25, 0.3) is 11.0 Å². The third-order valence-electron chi connectivity index (χ3n) is 5.15. The van der Waals surface area contributed by atoms with Crippen molar-refractivity contribution in [3.05, 3.63) is 55.9 Å². The van der Waals surface area contributed by atoms with Crippen LogP contribution in [-0.4, -0.2) is 41.1 Å². The molecule has 2 heterocycles. The first-order valence-corrected chi connectivity index (χ1v) is 11.1. The first kappa shape index (κ1) is 22.0. The molecule has 10 heteroatoms. The largest absolute Gasteiger partial charge is 0.361 e. The molecule has 30 heavy (non-hydrogen) atoms. The highest BCUT2D eigenvalue weighted by Gasteiger charge is 2.23. The van der Waals surface area contributed by atoms with Gasteiger partial charge >= 0.3 is 11.1 Å². The summed E-state index contributed by atoms with van der Waals surface area (Å²) in [5.41, 5.74) is 0.797. The molecule has 0 fully saturated rings. The Labute approximate surface area is 174 Å². The van der Waals surface area contributed by atoms with Crippen LogP contribution in [-0.2, 0) is 23.1 Å². The second-order valence-electron chi connectivity index (χ2n) is 7.64. The minimum atomic E-state index is -3.72. The van der Waals surface area contributed by atoms with E-state index in [4.69, 9.17) is 4.52 Å². The number of benzene rings is 1. The lowest BCUT2D eigenvalue weighted by molar-refractivity contribution is 0.366. The molecule has 0 aliphatic rings. The monoisotopic (exact) mass is 434 g/mol. The van der Waals surface area contributed by atoms with Gasteiger partial charge in [0.2, 0.25) is 10.0 Å². The lowest BCUT2D eigenvalue weighted by Crippen LogP contribution is -2.41. The summed E-state index contributed by atoms with van der Waals surface area (Å²) in [5.74, 6) is 0.660. The van der Waals surface area contributed by atoms with Gasteiger partial charge in [0, 0.05) is 32.1 Å². The fourth-order valence-corrected chi connectivity index (χ4v) is 4.37. The molecule has 0 saturated carbocycles. The molecule has 0 N–H and O–H groups in total. The van der Waals surface area contributed by atoms with Gasteiger partial charge in [-0.25, -0.2) is 12.7 Å². The summed E-state index contributed by atoms with van der Waals surface area (Å²) in [6.07, 6.45) is 0. The maximum Gasteiger partial charge on any atom is 0.317 e. The molecule has 0 unspecified atom stereocenters. The Bertz CT molecular complexity index is 1330. The Morgan fingerprint density at radius 3 is 2.30 bits per heavy atom. The molecular formula is C20H26N4O5S. The van der Waals surface area contributed by atoms with Crippen molar-refractivity contribution in [3.8, 4) is 0 Å². The van der Waals surface area contributed by atoms with E-state index in [0.29, 0.717) is 28.1 Å². The number of hydrogen-bond donors (Lipinski definition) is 0. The van der Waals surface area contributed by atoms with E-state index in [1.165, 1.54) is 35.4 Å². The van der Waals surface area contributed by atoms with E-state index in [-0.39, 0.29) is 23.9 Å². The maximum absolute atomic E-state index is 13.0. The Balaban J connectivity index is 2.38. The summed E-state index contributed by atoms with van der Waals surface area (Å²) in [6, 6.07) is 4.45. The zero-order chi connectivity index (χ0) is 22.4. The van der Waals surface area contributed by atoms with Gasteiger partial charge in [-0.3, -0.25) is 14.2 Å². The summed E-state index contributed by atoms with van der Waals surface area (Å²) < 4.78 is 34.5. The summed E-state index contributed by atoms with van der Waals surface area (Å²) in [5, 5.41) is 4.00. The van der Waals surface area contributed by atoms with Crippen LogP contribution in [0.1, 0.15) is 43.7 Å². The van der Waals surface area contributed by atoms with Crippen molar-refractivity contribution in [3.63, 3.8) is 0 Å². The fourth-order valence-electron chi connectivity index (χ4n) is 3.45. The Morgan fingerprint density at radius 2 is 1.73 bits per heavy atom. The van der Waals surface area contributed by atoms with Crippen LogP contribution in [0, 0.1) is 6.92 Å². The zero-order valence-electron chi connectivity index (χ0n) is 18.0. The molecule has 9 nitrogen and oxygen atoms in total. The molecule has 0 atom stereocenters. The summed E-state index contributed by atoms with van der Waals surface area (Å²) >= 11 is 0. The zero-order valence-corrected chi connectivity index (χ0v) is 18.8. The highest BCUT2D eigenvalue weighted by atomic mass is 32.2. The number of hydrogen-bond acceptors (Lipinski definition) is 6. The molecule has 162 valence electrons. The molecule has 0 aliphatic heterocycles. The molecule has 1 aromatic carbocycles. The van der Waals surface area contributed by atoms with E-state index >= 15 is 0 Å². The predicted octanol–water partition coefficient (Wildman–Crippen LogP) is 1.90. The molecule has 3 aromatic rings. The summed E-state index contributed by atoms with van der Waals surface area (Å²) in [7, 11) is -0.841. The van der Waals surface area contributed by atoms with Gasteiger partial charge in [-0.1, -0.05) is 19.0 Å². The second kappa shape index (κ2) is 7.84. The van der Waals surface area contributed by atoms with E-state index < -0.39 is 21.1 Å². The van der Waals surface area contributed by atoms with Crippen molar-refractivity contribution in [2.45, 2.75) is 51.6 Å². The quantitative estimate of drug-likeness (QED) is 0.549. The van der Waals surface area contributed by atoms with E-state index in [0.717, 1.165) is 4.31 Å². The number of aryl methyl sites for hydroxylation is 2. The topological polar surface area (TPSA) is 107 Å². The van der Waals surface area contributed by atoms with Gasteiger partial charge in [0.25, 0.3) is 0 Å². The molecular weight excluding hydrogens is 408 g/mol. The van der Waals surface area contributed by atoms with E-state index in [1.807, 2.05) is 13.8 Å². The number of nitrogens with zero attached hydrogens (tertiary/aromatic N) is 4. The van der Waals surface area contributed by atoms with Crippen molar-refractivity contribution < 1.29 is 12.9 Å². The Kier molecular flexibility index (Phi) is 5.74. The van der Waals surface area contributed by atoms with Crippen molar-refractivity contribution in [1.29, 1.82) is 0 Å². The highest BCUT2D eigenvalue weighted by Crippen LogP contribution is 2.25. The van der Waals surface area contributed by atoms with Gasteiger partial charge in [-0.2, -0.15) is 0 Å². The van der Waals surface area contributed by atoms with Crippen LogP contribution in [0.2, 0.25) is 0 Å². The van der Waals surface area contributed by atoms with Crippen molar-refractivity contribution in [2.75, 3.05) is 14.1 Å². The van der Waals surface area contributed by atoms with Crippen LogP contribution in [0.4, 0.5) is 0 Å². The Morgan fingerprint density at radius 1 is 1.10 bits per heavy atom. The SMILES string of the molecule is CCn1c(=O)c(=O)n(Cc2c(C)noc2C(C)C)c2cc(S(=O)(=O)N(C)C)ccc21. The number of sulfonamides is 1. The molecule has 0 saturated heterocycles. The van der Waals surface area contributed by atoms with Gasteiger partial charge in [-0.15, -0.1) is 0 Å². The van der Waals surface area contributed by atoms with Gasteiger partial charge in [0.1, 0.15) is 5.76 Å². The van der Waals surface area contributed by atoms with Crippen molar-refractivity contribution >= 4 is 21.1 Å². The van der Waals surface area contributed by atoms with Crippen LogP contribution in [0.15, 0.2) is 37.2 Å². The highest BCUT2D eigenvalue weighted by molar-refractivity contribution is 7.89. The summed E-state index contributed by atoms with van der Waals surface area (Å²) in [6.45, 7) is 7.77. The van der Waals surface area contributed by atoms with Crippen LogP contribution in [0.3, 0.4) is 0 Å². The van der Waals surface area contributed by atoms with Gasteiger partial charge < -0.3 is 9.09 Å². The lowest BCUT2D eigenvalue weighted by atomic mass is 10.0. The number of rotatable bonds is 6. The third-order valence-corrected chi connectivity index (χ3v) is 6.96. The van der Waals surface area contributed by atoms with Gasteiger partial charge in [0.15, 0.2) is 0 Å².